The van der Waals surface area contributed by atoms with Gasteiger partial charge in [-0.3, -0.25) is 0 Å². The molecular weight excluding hydrogens is 202 g/mol. The SMILES string of the molecule is CCCNC(CSCCC(C)C)C1CC1. The minimum Gasteiger partial charge on any atom is -0.313 e. The standard InChI is InChI=1S/C13H27NS/c1-4-8-14-13(12-5-6-12)10-15-9-7-11(2)3/h11-14H,4-10H2,1-3H3. The van der Waals surface area contributed by atoms with Crippen LogP contribution in [-0.4, -0.2) is 24.1 Å². The van der Waals surface area contributed by atoms with Crippen LogP contribution in [-0.2, 0) is 0 Å². The van der Waals surface area contributed by atoms with E-state index in [1.165, 1.54) is 43.7 Å². The highest BCUT2D eigenvalue weighted by atomic mass is 32.2. The molecule has 1 rings (SSSR count). The maximum absolute atomic E-state index is 3.70. The highest BCUT2D eigenvalue weighted by Crippen LogP contribution is 2.34. The van der Waals surface area contributed by atoms with Crippen molar-refractivity contribution in [3.8, 4) is 0 Å². The number of hydrogen-bond donors (Lipinski definition) is 1. The Balaban J connectivity index is 2.03. The summed E-state index contributed by atoms with van der Waals surface area (Å²) in [6.07, 6.45) is 5.56. The topological polar surface area (TPSA) is 12.0 Å². The van der Waals surface area contributed by atoms with Crippen LogP contribution in [0.1, 0.15) is 46.5 Å². The Labute approximate surface area is 99.8 Å². The van der Waals surface area contributed by atoms with Crippen molar-refractivity contribution in [1.29, 1.82) is 0 Å². The molecule has 1 aliphatic carbocycles. The molecular formula is C13H27NS. The normalized spacial score (nSPS) is 18.4. The summed E-state index contributed by atoms with van der Waals surface area (Å²) in [6, 6.07) is 0.808. The first-order valence-corrected chi connectivity index (χ1v) is 7.70. The molecule has 1 unspecified atom stereocenters. The average Bonchev–Trinajstić information content (AvgIpc) is 3.00. The molecule has 0 radical (unpaired) electrons. The molecule has 1 aliphatic rings. The van der Waals surface area contributed by atoms with Gasteiger partial charge in [-0.15, -0.1) is 0 Å². The van der Waals surface area contributed by atoms with E-state index in [9.17, 15) is 0 Å². The summed E-state index contributed by atoms with van der Waals surface area (Å²) in [7, 11) is 0. The van der Waals surface area contributed by atoms with Crippen LogP contribution < -0.4 is 5.32 Å². The Bertz CT molecular complexity index is 155. The van der Waals surface area contributed by atoms with Crippen molar-refractivity contribution >= 4 is 11.8 Å². The molecule has 0 aromatic carbocycles. The van der Waals surface area contributed by atoms with Crippen LogP contribution in [0.3, 0.4) is 0 Å². The molecule has 0 saturated heterocycles. The van der Waals surface area contributed by atoms with E-state index in [0.717, 1.165) is 17.9 Å². The van der Waals surface area contributed by atoms with E-state index >= 15 is 0 Å². The van der Waals surface area contributed by atoms with E-state index in [4.69, 9.17) is 0 Å². The van der Waals surface area contributed by atoms with Gasteiger partial charge >= 0.3 is 0 Å². The Hall–Kier alpha value is 0.310. The third-order valence-electron chi connectivity index (χ3n) is 2.98. The molecule has 0 heterocycles. The molecule has 0 amide bonds. The smallest absolute Gasteiger partial charge is 0.0186 e. The second-order valence-electron chi connectivity index (χ2n) is 5.16. The largest absolute Gasteiger partial charge is 0.313 e. The molecule has 1 fully saturated rings. The van der Waals surface area contributed by atoms with Crippen LogP contribution in [0.15, 0.2) is 0 Å². The fourth-order valence-electron chi connectivity index (χ4n) is 1.72. The van der Waals surface area contributed by atoms with E-state index in [1.807, 2.05) is 0 Å². The first-order valence-electron chi connectivity index (χ1n) is 6.55. The van der Waals surface area contributed by atoms with Crippen LogP contribution in [0.2, 0.25) is 0 Å². The van der Waals surface area contributed by atoms with Gasteiger partial charge in [0, 0.05) is 11.8 Å². The van der Waals surface area contributed by atoms with Crippen LogP contribution in [0.25, 0.3) is 0 Å². The zero-order chi connectivity index (χ0) is 11.1. The highest BCUT2D eigenvalue weighted by Gasteiger charge is 2.30. The van der Waals surface area contributed by atoms with E-state index in [0.29, 0.717) is 0 Å². The Kier molecular flexibility index (Phi) is 6.74. The predicted molar refractivity (Wildman–Crippen MR) is 71.6 cm³/mol. The van der Waals surface area contributed by atoms with Gasteiger partial charge in [0.1, 0.15) is 0 Å². The lowest BCUT2D eigenvalue weighted by Gasteiger charge is -2.17. The lowest BCUT2D eigenvalue weighted by atomic mass is 10.2. The Morgan fingerprint density at radius 2 is 2.07 bits per heavy atom. The van der Waals surface area contributed by atoms with E-state index in [1.54, 1.807) is 0 Å². The van der Waals surface area contributed by atoms with E-state index in [-0.39, 0.29) is 0 Å². The van der Waals surface area contributed by atoms with Gasteiger partial charge in [-0.25, -0.2) is 0 Å². The molecule has 2 heteroatoms. The molecule has 90 valence electrons. The monoisotopic (exact) mass is 229 g/mol. The lowest BCUT2D eigenvalue weighted by molar-refractivity contribution is 0.503. The summed E-state index contributed by atoms with van der Waals surface area (Å²) in [4.78, 5) is 0. The summed E-state index contributed by atoms with van der Waals surface area (Å²) in [5, 5.41) is 3.70. The third kappa shape index (κ3) is 6.47. The Morgan fingerprint density at radius 1 is 1.33 bits per heavy atom. The number of hydrogen-bond acceptors (Lipinski definition) is 2. The van der Waals surface area contributed by atoms with Gasteiger partial charge in [0.2, 0.25) is 0 Å². The van der Waals surface area contributed by atoms with Gasteiger partial charge in [-0.2, -0.15) is 11.8 Å². The molecule has 0 spiro atoms. The number of thioether (sulfide) groups is 1. The summed E-state index contributed by atoms with van der Waals surface area (Å²) in [6.45, 7) is 8.08. The average molecular weight is 229 g/mol. The molecule has 1 nitrogen and oxygen atoms in total. The fourth-order valence-corrected chi connectivity index (χ4v) is 3.17. The zero-order valence-electron chi connectivity index (χ0n) is 10.6. The second kappa shape index (κ2) is 7.56. The third-order valence-corrected chi connectivity index (χ3v) is 4.10. The fraction of sp³-hybridized carbons (Fsp3) is 1.00. The first-order chi connectivity index (χ1) is 7.24. The van der Waals surface area contributed by atoms with Crippen LogP contribution in [0, 0.1) is 11.8 Å². The molecule has 0 bridgehead atoms. The van der Waals surface area contributed by atoms with Gasteiger partial charge in [-0.1, -0.05) is 20.8 Å². The van der Waals surface area contributed by atoms with Crippen molar-refractivity contribution in [2.75, 3.05) is 18.1 Å². The van der Waals surface area contributed by atoms with Crippen molar-refractivity contribution in [1.82, 2.24) is 5.32 Å². The highest BCUT2D eigenvalue weighted by molar-refractivity contribution is 7.99. The van der Waals surface area contributed by atoms with E-state index < -0.39 is 0 Å². The van der Waals surface area contributed by atoms with Crippen molar-refractivity contribution in [3.05, 3.63) is 0 Å². The first kappa shape index (κ1) is 13.4. The van der Waals surface area contributed by atoms with Crippen molar-refractivity contribution in [2.24, 2.45) is 11.8 Å². The quantitative estimate of drug-likeness (QED) is 0.607. The molecule has 0 aromatic rings. The van der Waals surface area contributed by atoms with Gasteiger partial charge in [0.25, 0.3) is 0 Å². The molecule has 0 aromatic heterocycles. The number of rotatable bonds is 9. The van der Waals surface area contributed by atoms with Crippen LogP contribution >= 0.6 is 11.8 Å². The van der Waals surface area contributed by atoms with Gasteiger partial charge in [0.05, 0.1) is 0 Å². The summed E-state index contributed by atoms with van der Waals surface area (Å²) in [5.41, 5.74) is 0. The van der Waals surface area contributed by atoms with Crippen LogP contribution in [0.4, 0.5) is 0 Å². The maximum Gasteiger partial charge on any atom is 0.0186 e. The Morgan fingerprint density at radius 3 is 2.60 bits per heavy atom. The molecule has 1 N–H and O–H groups in total. The molecule has 15 heavy (non-hydrogen) atoms. The predicted octanol–water partition coefficient (Wildman–Crippen LogP) is 3.54. The number of nitrogens with one attached hydrogen (secondary N) is 1. The molecule has 0 aliphatic heterocycles. The summed E-state index contributed by atoms with van der Waals surface area (Å²) < 4.78 is 0. The van der Waals surface area contributed by atoms with Crippen molar-refractivity contribution in [3.63, 3.8) is 0 Å². The van der Waals surface area contributed by atoms with Crippen molar-refractivity contribution in [2.45, 2.75) is 52.5 Å². The van der Waals surface area contributed by atoms with Crippen molar-refractivity contribution < 1.29 is 0 Å². The lowest BCUT2D eigenvalue weighted by Crippen LogP contribution is -2.34. The summed E-state index contributed by atoms with van der Waals surface area (Å²) >= 11 is 2.15. The van der Waals surface area contributed by atoms with Gasteiger partial charge in [0.15, 0.2) is 0 Å². The molecule has 1 saturated carbocycles. The van der Waals surface area contributed by atoms with Crippen LogP contribution in [0.5, 0.6) is 0 Å². The second-order valence-corrected chi connectivity index (χ2v) is 6.31. The minimum absolute atomic E-state index is 0.808. The minimum atomic E-state index is 0.808. The maximum atomic E-state index is 3.70. The zero-order valence-corrected chi connectivity index (χ0v) is 11.4. The van der Waals surface area contributed by atoms with Gasteiger partial charge in [-0.05, 0) is 49.8 Å². The molecule has 1 atom stereocenters. The summed E-state index contributed by atoms with van der Waals surface area (Å²) in [5.74, 6) is 4.54. The van der Waals surface area contributed by atoms with E-state index in [2.05, 4.69) is 37.8 Å². The van der Waals surface area contributed by atoms with Gasteiger partial charge < -0.3 is 5.32 Å².